The van der Waals surface area contributed by atoms with Crippen LogP contribution < -0.4 is 11.5 Å². The molecule has 0 aliphatic carbocycles. The largest absolute Gasteiger partial charge is 0.384 e. The van der Waals surface area contributed by atoms with Crippen molar-refractivity contribution < 1.29 is 13.6 Å². The number of primary amides is 1. The Bertz CT molecular complexity index is 341. The Hall–Kier alpha value is -1.72. The van der Waals surface area contributed by atoms with Gasteiger partial charge in [-0.1, -0.05) is 0 Å². The predicted octanol–water partition coefficient (Wildman–Crippen LogP) is 0.700. The second-order valence-electron chi connectivity index (χ2n) is 2.38. The van der Waals surface area contributed by atoms with Gasteiger partial charge in [0.2, 0.25) is 0 Å². The molecule has 0 radical (unpaired) electrons. The van der Waals surface area contributed by atoms with Gasteiger partial charge in [-0.15, -0.1) is 0 Å². The fourth-order valence-corrected chi connectivity index (χ4v) is 0.826. The van der Waals surface area contributed by atoms with Gasteiger partial charge in [-0.3, -0.25) is 4.79 Å². The molecule has 0 aliphatic rings. The summed E-state index contributed by atoms with van der Waals surface area (Å²) in [7, 11) is 0. The first kappa shape index (κ1) is 9.37. The Balaban J connectivity index is 3.19. The number of carbonyl (C=O) groups is 1. The minimum absolute atomic E-state index is 0.147. The molecule has 0 unspecified atom stereocenters. The average Bonchev–Trinajstić information content (AvgIpc) is 2.03. The molecule has 0 aromatic carbocycles. The molecule has 6 heteroatoms. The highest BCUT2D eigenvalue weighted by molar-refractivity contribution is 5.91. The van der Waals surface area contributed by atoms with E-state index in [2.05, 4.69) is 4.98 Å². The number of hydrogen-bond acceptors (Lipinski definition) is 3. The average molecular weight is 187 g/mol. The molecule has 1 aromatic heterocycles. The van der Waals surface area contributed by atoms with Crippen LogP contribution in [0.4, 0.5) is 14.6 Å². The summed E-state index contributed by atoms with van der Waals surface area (Å²) in [4.78, 5) is 14.1. The molecule has 0 saturated heterocycles. The number of nitrogens with two attached hydrogens (primary N) is 2. The number of carbonyl (C=O) groups excluding carboxylic acids is 1. The molecule has 0 bridgehead atoms. The van der Waals surface area contributed by atoms with Gasteiger partial charge in [0.25, 0.3) is 12.3 Å². The van der Waals surface area contributed by atoms with E-state index in [0.717, 1.165) is 12.1 Å². The maximum absolute atomic E-state index is 12.2. The summed E-state index contributed by atoms with van der Waals surface area (Å²) in [6.45, 7) is 0. The normalized spacial score (nSPS) is 10.4. The number of nitrogen functional groups attached to an aromatic ring is 1. The summed E-state index contributed by atoms with van der Waals surface area (Å²) in [6, 6.07) is 1.92. The summed E-state index contributed by atoms with van der Waals surface area (Å²) in [5.41, 5.74) is 9.42. The maximum atomic E-state index is 12.2. The van der Waals surface area contributed by atoms with Crippen LogP contribution in [0, 0.1) is 0 Å². The fourth-order valence-electron chi connectivity index (χ4n) is 0.826. The van der Waals surface area contributed by atoms with Crippen molar-refractivity contribution >= 4 is 11.7 Å². The van der Waals surface area contributed by atoms with E-state index in [1.54, 1.807) is 0 Å². The van der Waals surface area contributed by atoms with Crippen LogP contribution in [0.25, 0.3) is 0 Å². The Morgan fingerprint density at radius 1 is 1.46 bits per heavy atom. The van der Waals surface area contributed by atoms with Crippen LogP contribution in [0.3, 0.4) is 0 Å². The highest BCUT2D eigenvalue weighted by Gasteiger charge is 2.12. The topological polar surface area (TPSA) is 82.0 Å². The first-order chi connectivity index (χ1) is 6.00. The van der Waals surface area contributed by atoms with E-state index in [1.807, 2.05) is 0 Å². The van der Waals surface area contributed by atoms with Crippen molar-refractivity contribution in [2.24, 2.45) is 5.73 Å². The second-order valence-corrected chi connectivity index (χ2v) is 2.38. The van der Waals surface area contributed by atoms with Gasteiger partial charge in [0, 0.05) is 5.56 Å². The standard InChI is InChI=1S/C7H7F2N3O/c8-6(9)3-1-4(7(11)13)12-5(10)2-3/h1-2,6H,(H2,10,12)(H2,11,13). The van der Waals surface area contributed by atoms with Gasteiger partial charge < -0.3 is 11.5 Å². The third-order valence-electron chi connectivity index (χ3n) is 1.37. The molecule has 1 rings (SSSR count). The monoisotopic (exact) mass is 187 g/mol. The minimum Gasteiger partial charge on any atom is -0.384 e. The number of amides is 1. The Morgan fingerprint density at radius 2 is 2.08 bits per heavy atom. The summed E-state index contributed by atoms with van der Waals surface area (Å²) in [5.74, 6) is -1.03. The van der Waals surface area contributed by atoms with E-state index in [9.17, 15) is 13.6 Å². The van der Waals surface area contributed by atoms with Gasteiger partial charge in [0.1, 0.15) is 11.5 Å². The number of pyridine rings is 1. The van der Waals surface area contributed by atoms with Gasteiger partial charge in [0.05, 0.1) is 0 Å². The van der Waals surface area contributed by atoms with E-state index in [0.29, 0.717) is 0 Å². The third kappa shape index (κ3) is 2.11. The van der Waals surface area contributed by atoms with Crippen molar-refractivity contribution in [1.29, 1.82) is 0 Å². The first-order valence-electron chi connectivity index (χ1n) is 3.36. The molecular weight excluding hydrogens is 180 g/mol. The molecule has 70 valence electrons. The Kier molecular flexibility index (Phi) is 2.41. The van der Waals surface area contributed by atoms with Crippen LogP contribution in [-0.4, -0.2) is 10.9 Å². The highest BCUT2D eigenvalue weighted by Crippen LogP contribution is 2.20. The number of anilines is 1. The van der Waals surface area contributed by atoms with Crippen LogP contribution >= 0.6 is 0 Å². The van der Waals surface area contributed by atoms with E-state index < -0.39 is 12.3 Å². The Morgan fingerprint density at radius 3 is 2.54 bits per heavy atom. The molecule has 4 N–H and O–H groups in total. The first-order valence-corrected chi connectivity index (χ1v) is 3.36. The van der Waals surface area contributed by atoms with Crippen LogP contribution in [0.1, 0.15) is 22.5 Å². The summed E-state index contributed by atoms with van der Waals surface area (Å²) >= 11 is 0. The van der Waals surface area contributed by atoms with Gasteiger partial charge in [-0.2, -0.15) is 0 Å². The summed E-state index contributed by atoms with van der Waals surface area (Å²) < 4.78 is 24.3. The van der Waals surface area contributed by atoms with Crippen molar-refractivity contribution in [3.8, 4) is 0 Å². The molecule has 1 heterocycles. The van der Waals surface area contributed by atoms with Crippen LogP contribution in [-0.2, 0) is 0 Å². The van der Waals surface area contributed by atoms with Gasteiger partial charge >= 0.3 is 0 Å². The lowest BCUT2D eigenvalue weighted by Crippen LogP contribution is -2.14. The van der Waals surface area contributed by atoms with Crippen molar-refractivity contribution in [3.05, 3.63) is 23.4 Å². The van der Waals surface area contributed by atoms with E-state index >= 15 is 0 Å². The molecule has 0 atom stereocenters. The number of alkyl halides is 2. The van der Waals surface area contributed by atoms with E-state index in [1.165, 1.54) is 0 Å². The van der Waals surface area contributed by atoms with Gasteiger partial charge in [-0.05, 0) is 12.1 Å². The lowest BCUT2D eigenvalue weighted by atomic mass is 10.2. The third-order valence-corrected chi connectivity index (χ3v) is 1.37. The quantitative estimate of drug-likeness (QED) is 0.714. The number of aromatic nitrogens is 1. The molecule has 13 heavy (non-hydrogen) atoms. The number of nitrogens with zero attached hydrogens (tertiary/aromatic N) is 1. The van der Waals surface area contributed by atoms with E-state index in [4.69, 9.17) is 11.5 Å². The smallest absolute Gasteiger partial charge is 0.267 e. The van der Waals surface area contributed by atoms with Crippen molar-refractivity contribution in [2.45, 2.75) is 6.43 Å². The number of rotatable bonds is 2. The highest BCUT2D eigenvalue weighted by atomic mass is 19.3. The zero-order valence-corrected chi connectivity index (χ0v) is 6.50. The molecular formula is C7H7F2N3O. The van der Waals surface area contributed by atoms with Gasteiger partial charge in [0.15, 0.2) is 0 Å². The van der Waals surface area contributed by atoms with E-state index in [-0.39, 0.29) is 17.1 Å². The summed E-state index contributed by atoms with van der Waals surface area (Å²) in [6.07, 6.45) is -2.69. The molecule has 0 spiro atoms. The molecule has 0 aliphatic heterocycles. The SMILES string of the molecule is NC(=O)c1cc(C(F)F)cc(N)n1. The second kappa shape index (κ2) is 3.34. The number of hydrogen-bond donors (Lipinski definition) is 2. The minimum atomic E-state index is -2.69. The molecule has 1 amide bonds. The Labute approximate surface area is 72.6 Å². The van der Waals surface area contributed by atoms with Crippen LogP contribution in [0.2, 0.25) is 0 Å². The van der Waals surface area contributed by atoms with Crippen LogP contribution in [0.5, 0.6) is 0 Å². The van der Waals surface area contributed by atoms with Crippen LogP contribution in [0.15, 0.2) is 12.1 Å². The zero-order chi connectivity index (χ0) is 10.0. The molecule has 0 fully saturated rings. The lowest BCUT2D eigenvalue weighted by Gasteiger charge is -2.02. The van der Waals surface area contributed by atoms with Crippen molar-refractivity contribution in [2.75, 3.05) is 5.73 Å². The maximum Gasteiger partial charge on any atom is 0.267 e. The lowest BCUT2D eigenvalue weighted by molar-refractivity contribution is 0.0995. The van der Waals surface area contributed by atoms with Crippen molar-refractivity contribution in [3.63, 3.8) is 0 Å². The zero-order valence-electron chi connectivity index (χ0n) is 6.50. The fraction of sp³-hybridized carbons (Fsp3) is 0.143. The number of halogens is 2. The van der Waals surface area contributed by atoms with Gasteiger partial charge in [-0.25, -0.2) is 13.8 Å². The predicted molar refractivity (Wildman–Crippen MR) is 42.1 cm³/mol. The molecule has 4 nitrogen and oxygen atoms in total. The van der Waals surface area contributed by atoms with Crippen molar-refractivity contribution in [1.82, 2.24) is 4.98 Å². The molecule has 1 aromatic rings. The molecule has 0 saturated carbocycles. The summed E-state index contributed by atoms with van der Waals surface area (Å²) in [5, 5.41) is 0.